The van der Waals surface area contributed by atoms with Crippen molar-refractivity contribution in [1.82, 2.24) is 10.2 Å². The third-order valence-corrected chi connectivity index (χ3v) is 2.81. The summed E-state index contributed by atoms with van der Waals surface area (Å²) in [5.74, 6) is -0.257. The quantitative estimate of drug-likeness (QED) is 0.702. The van der Waals surface area contributed by atoms with Crippen LogP contribution in [0.3, 0.4) is 0 Å². The van der Waals surface area contributed by atoms with Gasteiger partial charge in [0.25, 0.3) is 0 Å². The van der Waals surface area contributed by atoms with Crippen molar-refractivity contribution in [3.8, 4) is 0 Å². The molecular weight excluding hydrogens is 232 g/mol. The molecule has 0 saturated carbocycles. The number of aliphatic carboxylic acids is 1. The second kappa shape index (κ2) is 8.78. The average molecular weight is 258 g/mol. The molecule has 0 rings (SSSR count). The second-order valence-electron chi connectivity index (χ2n) is 5.05. The van der Waals surface area contributed by atoms with Gasteiger partial charge >= 0.3 is 12.0 Å². The van der Waals surface area contributed by atoms with Crippen LogP contribution in [0.25, 0.3) is 0 Å². The van der Waals surface area contributed by atoms with Crippen LogP contribution in [-0.4, -0.2) is 41.1 Å². The summed E-state index contributed by atoms with van der Waals surface area (Å²) < 4.78 is 0. The summed E-state index contributed by atoms with van der Waals surface area (Å²) in [6.07, 6.45) is 2.00. The molecule has 0 spiro atoms. The maximum absolute atomic E-state index is 11.9. The van der Waals surface area contributed by atoms with Crippen LogP contribution in [0.4, 0.5) is 4.79 Å². The lowest BCUT2D eigenvalue weighted by molar-refractivity contribution is -0.137. The number of rotatable bonds is 8. The number of carboxylic acids is 1. The molecule has 0 aromatic rings. The first-order valence-electron chi connectivity index (χ1n) is 6.64. The van der Waals surface area contributed by atoms with Gasteiger partial charge in [0.2, 0.25) is 0 Å². The van der Waals surface area contributed by atoms with E-state index >= 15 is 0 Å². The zero-order chi connectivity index (χ0) is 14.1. The zero-order valence-electron chi connectivity index (χ0n) is 11.9. The molecule has 1 atom stereocenters. The van der Waals surface area contributed by atoms with Crippen molar-refractivity contribution in [1.29, 1.82) is 0 Å². The lowest BCUT2D eigenvalue weighted by Crippen LogP contribution is -2.44. The molecule has 0 saturated heterocycles. The predicted molar refractivity (Wildman–Crippen MR) is 71.6 cm³/mol. The van der Waals surface area contributed by atoms with Gasteiger partial charge < -0.3 is 15.3 Å². The molecule has 5 nitrogen and oxygen atoms in total. The lowest BCUT2D eigenvalue weighted by atomic mass is 10.0. The normalized spacial score (nSPS) is 12.3. The van der Waals surface area contributed by atoms with Gasteiger partial charge in [-0.1, -0.05) is 13.8 Å². The Balaban J connectivity index is 4.05. The van der Waals surface area contributed by atoms with Crippen molar-refractivity contribution in [2.45, 2.75) is 53.0 Å². The van der Waals surface area contributed by atoms with Crippen LogP contribution in [0.2, 0.25) is 0 Å². The van der Waals surface area contributed by atoms with Crippen molar-refractivity contribution in [2.75, 3.05) is 13.1 Å². The van der Waals surface area contributed by atoms with Gasteiger partial charge in [-0.05, 0) is 32.6 Å². The van der Waals surface area contributed by atoms with Gasteiger partial charge in [0.05, 0.1) is 6.42 Å². The molecule has 106 valence electrons. The fourth-order valence-corrected chi connectivity index (χ4v) is 1.59. The molecule has 0 aliphatic carbocycles. The Hall–Kier alpha value is -1.26. The predicted octanol–water partition coefficient (Wildman–Crippen LogP) is 2.32. The Morgan fingerprint density at radius 1 is 1.22 bits per heavy atom. The molecule has 0 heterocycles. The van der Waals surface area contributed by atoms with Crippen LogP contribution < -0.4 is 5.32 Å². The van der Waals surface area contributed by atoms with Crippen LogP contribution in [0, 0.1) is 5.92 Å². The fraction of sp³-hybridized carbons (Fsp3) is 0.846. The van der Waals surface area contributed by atoms with E-state index in [1.807, 2.05) is 13.8 Å². The smallest absolute Gasteiger partial charge is 0.317 e. The number of carbonyl (C=O) groups excluding carboxylic acids is 1. The first-order chi connectivity index (χ1) is 8.36. The average Bonchev–Trinajstić information content (AvgIpc) is 2.26. The minimum atomic E-state index is -0.880. The molecule has 0 aromatic carbocycles. The molecule has 2 amide bonds. The number of carboxylic acid groups (broad SMARTS) is 1. The minimum absolute atomic E-state index is 0.0123. The Labute approximate surface area is 110 Å². The Bertz CT molecular complexity index is 267. The zero-order valence-corrected chi connectivity index (χ0v) is 11.9. The van der Waals surface area contributed by atoms with Crippen LogP contribution in [-0.2, 0) is 4.79 Å². The number of hydrogen-bond donors (Lipinski definition) is 2. The van der Waals surface area contributed by atoms with E-state index in [0.29, 0.717) is 12.5 Å². The third kappa shape index (κ3) is 7.92. The number of hydrogen-bond acceptors (Lipinski definition) is 2. The van der Waals surface area contributed by atoms with E-state index in [1.54, 1.807) is 0 Å². The highest BCUT2D eigenvalue weighted by atomic mass is 16.4. The topological polar surface area (TPSA) is 69.6 Å². The summed E-state index contributed by atoms with van der Waals surface area (Å²) >= 11 is 0. The van der Waals surface area contributed by atoms with Crippen molar-refractivity contribution < 1.29 is 14.7 Å². The van der Waals surface area contributed by atoms with Crippen molar-refractivity contribution >= 4 is 12.0 Å². The molecule has 0 fully saturated rings. The molecule has 0 radical (unpaired) electrons. The van der Waals surface area contributed by atoms with E-state index in [9.17, 15) is 9.59 Å². The summed E-state index contributed by atoms with van der Waals surface area (Å²) in [5, 5.41) is 11.5. The SMILES string of the molecule is CCN(CCC(=O)O)C(=O)NC(C)CCC(C)C. The second-order valence-corrected chi connectivity index (χ2v) is 5.05. The first kappa shape index (κ1) is 16.7. The van der Waals surface area contributed by atoms with Crippen molar-refractivity contribution in [3.63, 3.8) is 0 Å². The first-order valence-corrected chi connectivity index (χ1v) is 6.64. The number of carbonyl (C=O) groups is 2. The molecule has 1 unspecified atom stereocenters. The highest BCUT2D eigenvalue weighted by Gasteiger charge is 2.15. The molecule has 2 N–H and O–H groups in total. The third-order valence-electron chi connectivity index (χ3n) is 2.81. The largest absolute Gasteiger partial charge is 0.481 e. The van der Waals surface area contributed by atoms with Crippen molar-refractivity contribution in [3.05, 3.63) is 0 Å². The summed E-state index contributed by atoms with van der Waals surface area (Å²) in [6.45, 7) is 8.91. The van der Waals surface area contributed by atoms with Crippen molar-refractivity contribution in [2.24, 2.45) is 5.92 Å². The number of nitrogens with one attached hydrogen (secondary N) is 1. The number of amides is 2. The molecule has 0 aliphatic rings. The van der Waals surface area contributed by atoms with Crippen LogP contribution in [0.1, 0.15) is 47.0 Å². The fourth-order valence-electron chi connectivity index (χ4n) is 1.59. The van der Waals surface area contributed by atoms with E-state index in [1.165, 1.54) is 4.90 Å². The van der Waals surface area contributed by atoms with Gasteiger partial charge in [-0.2, -0.15) is 0 Å². The number of urea groups is 1. The van der Waals surface area contributed by atoms with E-state index in [0.717, 1.165) is 12.8 Å². The van der Waals surface area contributed by atoms with E-state index in [4.69, 9.17) is 5.11 Å². The molecule has 0 aromatic heterocycles. The Morgan fingerprint density at radius 3 is 2.28 bits per heavy atom. The van der Waals surface area contributed by atoms with Gasteiger partial charge in [0.15, 0.2) is 0 Å². The van der Waals surface area contributed by atoms with Crippen LogP contribution in [0.5, 0.6) is 0 Å². The van der Waals surface area contributed by atoms with Crippen LogP contribution in [0.15, 0.2) is 0 Å². The minimum Gasteiger partial charge on any atom is -0.481 e. The van der Waals surface area contributed by atoms with E-state index in [2.05, 4.69) is 19.2 Å². The van der Waals surface area contributed by atoms with E-state index in [-0.39, 0.29) is 25.0 Å². The molecular formula is C13H26N2O3. The maximum atomic E-state index is 11.9. The number of nitrogens with zero attached hydrogens (tertiary/aromatic N) is 1. The van der Waals surface area contributed by atoms with Gasteiger partial charge in [0, 0.05) is 19.1 Å². The van der Waals surface area contributed by atoms with Gasteiger partial charge in [0.1, 0.15) is 0 Å². The monoisotopic (exact) mass is 258 g/mol. The van der Waals surface area contributed by atoms with Gasteiger partial charge in [-0.25, -0.2) is 4.79 Å². The maximum Gasteiger partial charge on any atom is 0.317 e. The molecule has 5 heteroatoms. The summed E-state index contributed by atoms with van der Waals surface area (Å²) in [6, 6.07) is -0.0474. The van der Waals surface area contributed by atoms with Crippen LogP contribution >= 0.6 is 0 Å². The molecule has 0 bridgehead atoms. The lowest BCUT2D eigenvalue weighted by Gasteiger charge is -2.23. The summed E-state index contributed by atoms with van der Waals surface area (Å²) in [7, 11) is 0. The summed E-state index contributed by atoms with van der Waals surface area (Å²) in [5.41, 5.74) is 0. The standard InChI is InChI=1S/C13H26N2O3/c1-5-15(9-8-12(16)17)13(18)14-11(4)7-6-10(2)3/h10-11H,5-9H2,1-4H3,(H,14,18)(H,16,17). The summed E-state index contributed by atoms with van der Waals surface area (Å²) in [4.78, 5) is 23.9. The van der Waals surface area contributed by atoms with E-state index < -0.39 is 5.97 Å². The Morgan fingerprint density at radius 2 is 1.83 bits per heavy atom. The highest BCUT2D eigenvalue weighted by Crippen LogP contribution is 2.06. The highest BCUT2D eigenvalue weighted by molar-refractivity contribution is 5.75. The Kier molecular flexibility index (Phi) is 8.16. The molecule has 0 aliphatic heterocycles. The van der Waals surface area contributed by atoms with Gasteiger partial charge in [-0.3, -0.25) is 4.79 Å². The van der Waals surface area contributed by atoms with Gasteiger partial charge in [-0.15, -0.1) is 0 Å². The molecule has 18 heavy (non-hydrogen) atoms.